The summed E-state index contributed by atoms with van der Waals surface area (Å²) in [4.78, 5) is 11.9. The van der Waals surface area contributed by atoms with Crippen molar-refractivity contribution < 1.29 is 27.1 Å². The molecule has 1 aliphatic rings. The molecule has 0 saturated heterocycles. The number of nitrogens with zero attached hydrogens (tertiary/aromatic N) is 1. The minimum absolute atomic E-state index is 0.00527. The summed E-state index contributed by atoms with van der Waals surface area (Å²) >= 11 is 0. The number of aromatic amines is 1. The molecule has 4 nitrogen and oxygen atoms in total. The van der Waals surface area contributed by atoms with Crippen LogP contribution in [-0.4, -0.2) is 22.3 Å². The van der Waals surface area contributed by atoms with Gasteiger partial charge in [0, 0.05) is 17.7 Å². The molecule has 0 spiro atoms. The van der Waals surface area contributed by atoms with Gasteiger partial charge >= 0.3 is 12.1 Å². The molecule has 0 unspecified atom stereocenters. The van der Waals surface area contributed by atoms with Gasteiger partial charge in [0.15, 0.2) is 11.8 Å². The summed E-state index contributed by atoms with van der Waals surface area (Å²) in [5.41, 5.74) is -1.52. The molecule has 0 bridgehead atoms. The Bertz CT molecular complexity index is 697. The van der Waals surface area contributed by atoms with E-state index in [0.29, 0.717) is 0 Å². The highest BCUT2D eigenvalue weighted by Crippen LogP contribution is 2.43. The van der Waals surface area contributed by atoms with E-state index in [1.165, 1.54) is 12.1 Å². The molecule has 8 heteroatoms. The van der Waals surface area contributed by atoms with Crippen molar-refractivity contribution >= 4 is 5.97 Å². The number of carbonyl (C=O) groups excluding carboxylic acids is 1. The van der Waals surface area contributed by atoms with E-state index in [-0.39, 0.29) is 17.7 Å². The van der Waals surface area contributed by atoms with Crippen LogP contribution in [0.25, 0.3) is 0 Å². The van der Waals surface area contributed by atoms with Gasteiger partial charge in [0.1, 0.15) is 6.17 Å². The number of fused-ring (bicyclic) bond motifs is 1. The zero-order valence-electron chi connectivity index (χ0n) is 11.0. The van der Waals surface area contributed by atoms with Gasteiger partial charge in [-0.25, -0.2) is 9.18 Å². The zero-order chi connectivity index (χ0) is 15.9. The molecular weight excluding hydrogens is 304 g/mol. The Morgan fingerprint density at radius 2 is 1.95 bits per heavy atom. The summed E-state index contributed by atoms with van der Waals surface area (Å²) in [5, 5.41) is 5.33. The molecule has 116 valence electrons. The third-order valence-corrected chi connectivity index (χ3v) is 3.41. The minimum atomic E-state index is -4.74. The summed E-state index contributed by atoms with van der Waals surface area (Å²) in [6.45, 7) is 0. The van der Waals surface area contributed by atoms with Gasteiger partial charge in [-0.3, -0.25) is 5.10 Å². The Morgan fingerprint density at radius 3 is 2.59 bits per heavy atom. The summed E-state index contributed by atoms with van der Waals surface area (Å²) in [6, 6.07) is 7.68. The van der Waals surface area contributed by atoms with Gasteiger partial charge in [0.05, 0.1) is 5.56 Å². The van der Waals surface area contributed by atoms with Crippen molar-refractivity contribution in [1.82, 2.24) is 10.2 Å². The second-order valence-corrected chi connectivity index (χ2v) is 4.87. The number of ether oxygens (including phenoxy) is 1. The van der Waals surface area contributed by atoms with Gasteiger partial charge in [0.25, 0.3) is 0 Å². The van der Waals surface area contributed by atoms with Gasteiger partial charge in [-0.1, -0.05) is 18.2 Å². The van der Waals surface area contributed by atoms with Crippen molar-refractivity contribution in [2.24, 2.45) is 0 Å². The second-order valence-electron chi connectivity index (χ2n) is 4.87. The van der Waals surface area contributed by atoms with Gasteiger partial charge < -0.3 is 4.74 Å². The van der Waals surface area contributed by atoms with Crippen LogP contribution in [0.1, 0.15) is 33.4 Å². The predicted molar refractivity (Wildman–Crippen MR) is 66.8 cm³/mol. The van der Waals surface area contributed by atoms with Crippen molar-refractivity contribution in [2.45, 2.75) is 24.9 Å². The fraction of sp³-hybridized carbons (Fsp3) is 0.286. The van der Waals surface area contributed by atoms with E-state index in [9.17, 15) is 22.4 Å². The van der Waals surface area contributed by atoms with Crippen LogP contribution >= 0.6 is 0 Å². The number of aromatic nitrogens is 2. The second kappa shape index (κ2) is 5.11. The Balaban J connectivity index is 1.90. The van der Waals surface area contributed by atoms with Crippen LogP contribution in [0.3, 0.4) is 0 Å². The SMILES string of the molecule is O=C(O[C@H]1c2c(C(F)(F)F)n[nH]c2C[C@@H]1F)c1ccccc1. The molecule has 0 radical (unpaired) electrons. The van der Waals surface area contributed by atoms with Crippen LogP contribution in [0.2, 0.25) is 0 Å². The van der Waals surface area contributed by atoms with E-state index < -0.39 is 35.7 Å². The van der Waals surface area contributed by atoms with Gasteiger partial charge in [-0.2, -0.15) is 18.3 Å². The van der Waals surface area contributed by atoms with E-state index in [2.05, 4.69) is 10.2 Å². The van der Waals surface area contributed by atoms with Crippen LogP contribution in [0.5, 0.6) is 0 Å². The first kappa shape index (κ1) is 14.6. The lowest BCUT2D eigenvalue weighted by atomic mass is 10.1. The Hall–Kier alpha value is -2.38. The Kier molecular flexibility index (Phi) is 3.38. The first-order chi connectivity index (χ1) is 10.4. The molecule has 0 aliphatic heterocycles. The molecule has 2 aromatic rings. The average Bonchev–Trinajstić information content (AvgIpc) is 3.00. The van der Waals surface area contributed by atoms with Gasteiger partial charge in [0.2, 0.25) is 0 Å². The molecule has 0 amide bonds. The summed E-state index contributed by atoms with van der Waals surface area (Å²) < 4.78 is 57.6. The number of halogens is 4. The fourth-order valence-electron chi connectivity index (χ4n) is 2.44. The molecule has 2 atom stereocenters. The van der Waals surface area contributed by atoms with E-state index in [1.54, 1.807) is 18.2 Å². The minimum Gasteiger partial charge on any atom is -0.451 e. The Labute approximate surface area is 122 Å². The average molecular weight is 314 g/mol. The predicted octanol–water partition coefficient (Wildman–Crippen LogP) is 3.22. The topological polar surface area (TPSA) is 55.0 Å². The third-order valence-electron chi connectivity index (χ3n) is 3.41. The van der Waals surface area contributed by atoms with Crippen LogP contribution in [0.15, 0.2) is 30.3 Å². The van der Waals surface area contributed by atoms with Gasteiger partial charge in [-0.05, 0) is 12.1 Å². The standard InChI is InChI=1S/C14H10F4N2O2/c15-8-6-9-10(12(20-19-9)14(16,17)18)11(8)22-13(21)7-4-2-1-3-5-7/h1-5,8,11H,6H2,(H,19,20)/t8-,11+/m0/s1. The maximum absolute atomic E-state index is 14.0. The molecule has 1 aromatic carbocycles. The molecule has 0 saturated carbocycles. The number of nitrogens with one attached hydrogen (secondary N) is 1. The van der Waals surface area contributed by atoms with Crippen LogP contribution in [0.4, 0.5) is 17.6 Å². The highest BCUT2D eigenvalue weighted by atomic mass is 19.4. The summed E-state index contributed by atoms with van der Waals surface area (Å²) in [7, 11) is 0. The van der Waals surface area contributed by atoms with E-state index in [4.69, 9.17) is 4.74 Å². The maximum Gasteiger partial charge on any atom is 0.435 e. The van der Waals surface area contributed by atoms with Crippen molar-refractivity contribution in [3.05, 3.63) is 52.8 Å². The summed E-state index contributed by atoms with van der Waals surface area (Å²) in [5.74, 6) is -0.879. The maximum atomic E-state index is 14.0. The number of esters is 1. The molecular formula is C14H10F4N2O2. The first-order valence-corrected chi connectivity index (χ1v) is 6.42. The molecule has 1 aromatic heterocycles. The fourth-order valence-corrected chi connectivity index (χ4v) is 2.44. The van der Waals surface area contributed by atoms with E-state index >= 15 is 0 Å². The normalized spacial score (nSPS) is 20.7. The number of alkyl halides is 4. The number of rotatable bonds is 2. The van der Waals surface area contributed by atoms with Gasteiger partial charge in [-0.15, -0.1) is 0 Å². The highest BCUT2D eigenvalue weighted by molar-refractivity contribution is 5.89. The first-order valence-electron chi connectivity index (χ1n) is 6.42. The van der Waals surface area contributed by atoms with Crippen LogP contribution in [0, 0.1) is 0 Å². The lowest BCUT2D eigenvalue weighted by molar-refractivity contribution is -0.143. The number of benzene rings is 1. The number of H-pyrrole nitrogens is 1. The highest BCUT2D eigenvalue weighted by Gasteiger charge is 2.47. The van der Waals surface area contributed by atoms with Crippen LogP contribution < -0.4 is 0 Å². The smallest absolute Gasteiger partial charge is 0.435 e. The van der Waals surface area contributed by atoms with Crippen molar-refractivity contribution in [3.63, 3.8) is 0 Å². The van der Waals surface area contributed by atoms with E-state index in [1.807, 2.05) is 0 Å². The largest absolute Gasteiger partial charge is 0.451 e. The quantitative estimate of drug-likeness (QED) is 0.684. The zero-order valence-corrected chi connectivity index (χ0v) is 11.0. The van der Waals surface area contributed by atoms with Crippen molar-refractivity contribution in [1.29, 1.82) is 0 Å². The lowest BCUT2D eigenvalue weighted by Crippen LogP contribution is -2.20. The van der Waals surface area contributed by atoms with Crippen molar-refractivity contribution in [3.8, 4) is 0 Å². The molecule has 0 fully saturated rings. The third kappa shape index (κ3) is 2.44. The van der Waals surface area contributed by atoms with Crippen LogP contribution in [-0.2, 0) is 17.3 Å². The molecule has 1 heterocycles. The number of carbonyl (C=O) groups is 1. The summed E-state index contributed by atoms with van der Waals surface area (Å²) in [6.07, 6.45) is -8.40. The number of hydrogen-bond acceptors (Lipinski definition) is 3. The lowest BCUT2D eigenvalue weighted by Gasteiger charge is -2.17. The molecule has 1 aliphatic carbocycles. The number of hydrogen-bond donors (Lipinski definition) is 1. The monoisotopic (exact) mass is 314 g/mol. The van der Waals surface area contributed by atoms with E-state index in [0.717, 1.165) is 0 Å². The van der Waals surface area contributed by atoms with Crippen molar-refractivity contribution in [2.75, 3.05) is 0 Å². The molecule has 3 rings (SSSR count). The Morgan fingerprint density at radius 1 is 1.27 bits per heavy atom. The molecule has 22 heavy (non-hydrogen) atoms. The molecule has 1 N–H and O–H groups in total.